The molecule has 0 aromatic heterocycles. The second-order valence-corrected chi connectivity index (χ2v) is 6.46. The molecule has 2 aromatic carbocycles. The van der Waals surface area contributed by atoms with Crippen molar-refractivity contribution in [3.8, 4) is 0 Å². The lowest BCUT2D eigenvalue weighted by Gasteiger charge is -2.15. The van der Waals surface area contributed by atoms with E-state index in [0.29, 0.717) is 0 Å². The van der Waals surface area contributed by atoms with Gasteiger partial charge in [0.15, 0.2) is 0 Å². The van der Waals surface area contributed by atoms with E-state index in [1.807, 2.05) is 18.2 Å². The number of rotatable bonds is 5. The standard InChI is InChI=1S/C19H14N4O5/c24-17(12-6-8-13(9-7-12)23(27)28)15-14-16(21-20-15)19(26)22(18(14)25)10-11-4-2-1-3-5-11/h1-9,14,16,21H,10H2/t14-,16-/m1/s1. The van der Waals surface area contributed by atoms with Crippen LogP contribution < -0.4 is 5.43 Å². The molecule has 0 saturated carbocycles. The maximum atomic E-state index is 12.8. The molecule has 1 saturated heterocycles. The van der Waals surface area contributed by atoms with Crippen LogP contribution in [0.1, 0.15) is 15.9 Å². The lowest BCUT2D eigenvalue weighted by Crippen LogP contribution is -2.35. The van der Waals surface area contributed by atoms with E-state index in [4.69, 9.17) is 0 Å². The minimum Gasteiger partial charge on any atom is -0.296 e. The van der Waals surface area contributed by atoms with Gasteiger partial charge in [0.25, 0.3) is 11.6 Å². The monoisotopic (exact) mass is 378 g/mol. The van der Waals surface area contributed by atoms with Crippen molar-refractivity contribution in [3.05, 3.63) is 75.8 Å². The van der Waals surface area contributed by atoms with Gasteiger partial charge in [0.1, 0.15) is 17.7 Å². The minimum atomic E-state index is -1.00. The van der Waals surface area contributed by atoms with E-state index in [2.05, 4.69) is 10.5 Å². The molecule has 0 bridgehead atoms. The van der Waals surface area contributed by atoms with Crippen LogP contribution in [0.3, 0.4) is 0 Å². The maximum Gasteiger partial charge on any atom is 0.269 e. The SMILES string of the molecule is O=C(C1=NN[C@H]2C(=O)N(Cc3ccccc3)C(=O)[C@H]12)c1ccc([N+](=O)[O-])cc1. The van der Waals surface area contributed by atoms with E-state index in [1.54, 1.807) is 12.1 Å². The summed E-state index contributed by atoms with van der Waals surface area (Å²) < 4.78 is 0. The number of hydrogen-bond acceptors (Lipinski definition) is 7. The predicted octanol–water partition coefficient (Wildman–Crippen LogP) is 1.29. The Labute approximate surface area is 158 Å². The number of nitro benzene ring substituents is 1. The highest BCUT2D eigenvalue weighted by Crippen LogP contribution is 2.29. The predicted molar refractivity (Wildman–Crippen MR) is 97.3 cm³/mol. The molecule has 2 amide bonds. The summed E-state index contributed by atoms with van der Waals surface area (Å²) in [4.78, 5) is 49.5. The first kappa shape index (κ1) is 17.5. The van der Waals surface area contributed by atoms with Crippen molar-refractivity contribution in [3.63, 3.8) is 0 Å². The summed E-state index contributed by atoms with van der Waals surface area (Å²) in [5, 5.41) is 14.7. The van der Waals surface area contributed by atoms with E-state index in [1.165, 1.54) is 24.3 Å². The van der Waals surface area contributed by atoms with Crippen LogP contribution in [0.15, 0.2) is 59.7 Å². The smallest absolute Gasteiger partial charge is 0.269 e. The van der Waals surface area contributed by atoms with Crippen molar-refractivity contribution in [2.75, 3.05) is 0 Å². The molecule has 1 fully saturated rings. The van der Waals surface area contributed by atoms with Crippen LogP contribution >= 0.6 is 0 Å². The molecule has 9 heteroatoms. The molecule has 140 valence electrons. The molecule has 2 aliphatic heterocycles. The van der Waals surface area contributed by atoms with Crippen LogP contribution in [0.5, 0.6) is 0 Å². The molecule has 2 atom stereocenters. The fourth-order valence-electron chi connectivity index (χ4n) is 3.34. The Bertz CT molecular complexity index is 1020. The Morgan fingerprint density at radius 2 is 1.75 bits per heavy atom. The Morgan fingerprint density at radius 3 is 2.39 bits per heavy atom. The molecule has 28 heavy (non-hydrogen) atoms. The zero-order valence-corrected chi connectivity index (χ0v) is 14.4. The highest BCUT2D eigenvalue weighted by Gasteiger charge is 2.54. The number of fused-ring (bicyclic) bond motifs is 1. The summed E-state index contributed by atoms with van der Waals surface area (Å²) in [6.07, 6.45) is 0. The number of non-ortho nitro benzene ring substituents is 1. The van der Waals surface area contributed by atoms with Crippen LogP contribution in [0.2, 0.25) is 0 Å². The summed E-state index contributed by atoms with van der Waals surface area (Å²) in [5.41, 5.74) is 3.34. The van der Waals surface area contributed by atoms with Crippen molar-refractivity contribution >= 4 is 29.0 Å². The lowest BCUT2D eigenvalue weighted by molar-refractivity contribution is -0.384. The number of nitro groups is 1. The number of nitrogens with zero attached hydrogens (tertiary/aromatic N) is 3. The average Bonchev–Trinajstić information content (AvgIpc) is 3.24. The lowest BCUT2D eigenvalue weighted by atomic mass is 9.92. The molecular formula is C19H14N4O5. The number of benzene rings is 2. The van der Waals surface area contributed by atoms with E-state index in [0.717, 1.165) is 10.5 Å². The van der Waals surface area contributed by atoms with Gasteiger partial charge in [-0.1, -0.05) is 30.3 Å². The average molecular weight is 378 g/mol. The third-order valence-electron chi connectivity index (χ3n) is 4.77. The minimum absolute atomic E-state index is 0.0623. The normalized spacial score (nSPS) is 20.6. The van der Waals surface area contributed by atoms with Crippen molar-refractivity contribution in [1.82, 2.24) is 10.3 Å². The molecule has 0 radical (unpaired) electrons. The second-order valence-electron chi connectivity index (χ2n) is 6.46. The number of carbonyl (C=O) groups is 3. The van der Waals surface area contributed by atoms with Crippen molar-refractivity contribution in [2.45, 2.75) is 12.6 Å². The van der Waals surface area contributed by atoms with Crippen LogP contribution in [-0.2, 0) is 16.1 Å². The molecule has 9 nitrogen and oxygen atoms in total. The van der Waals surface area contributed by atoms with Gasteiger partial charge in [-0.05, 0) is 17.7 Å². The topological polar surface area (TPSA) is 122 Å². The Balaban J connectivity index is 1.56. The van der Waals surface area contributed by atoms with Crippen molar-refractivity contribution in [1.29, 1.82) is 0 Å². The number of imide groups is 1. The summed E-state index contributed by atoms with van der Waals surface area (Å²) >= 11 is 0. The summed E-state index contributed by atoms with van der Waals surface area (Å²) in [6, 6.07) is 13.2. The van der Waals surface area contributed by atoms with Gasteiger partial charge < -0.3 is 0 Å². The van der Waals surface area contributed by atoms with Gasteiger partial charge in [-0.25, -0.2) is 0 Å². The van der Waals surface area contributed by atoms with Gasteiger partial charge in [0, 0.05) is 17.7 Å². The number of hydrogen-bond donors (Lipinski definition) is 1. The van der Waals surface area contributed by atoms with Crippen LogP contribution in [0.25, 0.3) is 0 Å². The highest BCUT2D eigenvalue weighted by molar-refractivity contribution is 6.51. The first-order valence-electron chi connectivity index (χ1n) is 8.49. The molecule has 2 heterocycles. The molecule has 0 aliphatic carbocycles. The molecule has 1 N–H and O–H groups in total. The van der Waals surface area contributed by atoms with Gasteiger partial charge in [-0.2, -0.15) is 5.10 Å². The Hall–Kier alpha value is -3.88. The first-order chi connectivity index (χ1) is 13.5. The summed E-state index contributed by atoms with van der Waals surface area (Å²) in [5.74, 6) is -2.47. The first-order valence-corrected chi connectivity index (χ1v) is 8.49. The van der Waals surface area contributed by atoms with Crippen LogP contribution in [0, 0.1) is 16.0 Å². The number of likely N-dealkylation sites (tertiary alicyclic amines) is 1. The van der Waals surface area contributed by atoms with E-state index in [-0.39, 0.29) is 23.5 Å². The number of carbonyl (C=O) groups excluding carboxylic acids is 3. The fourth-order valence-corrected chi connectivity index (χ4v) is 3.34. The Morgan fingerprint density at radius 1 is 1.07 bits per heavy atom. The third-order valence-corrected chi connectivity index (χ3v) is 4.77. The number of ketones is 1. The quantitative estimate of drug-likeness (QED) is 0.362. The van der Waals surface area contributed by atoms with Gasteiger partial charge in [0.05, 0.1) is 11.5 Å². The Kier molecular flexibility index (Phi) is 4.19. The molecule has 4 rings (SSSR count). The van der Waals surface area contributed by atoms with E-state index >= 15 is 0 Å². The fraction of sp³-hybridized carbons (Fsp3) is 0.158. The number of amides is 2. The number of hydrazone groups is 1. The largest absolute Gasteiger partial charge is 0.296 e. The zero-order valence-electron chi connectivity index (χ0n) is 14.4. The van der Waals surface area contributed by atoms with E-state index < -0.39 is 34.5 Å². The van der Waals surface area contributed by atoms with Crippen molar-refractivity contribution in [2.24, 2.45) is 11.0 Å². The van der Waals surface area contributed by atoms with Gasteiger partial charge in [0.2, 0.25) is 11.7 Å². The molecule has 2 aromatic rings. The highest BCUT2D eigenvalue weighted by atomic mass is 16.6. The zero-order chi connectivity index (χ0) is 19.8. The van der Waals surface area contributed by atoms with E-state index in [9.17, 15) is 24.5 Å². The molecular weight excluding hydrogens is 364 g/mol. The third kappa shape index (κ3) is 2.82. The number of Topliss-reactive ketones (excluding diaryl/α,β-unsaturated/α-hetero) is 1. The molecule has 0 unspecified atom stereocenters. The van der Waals surface area contributed by atoms with Crippen LogP contribution in [0.4, 0.5) is 5.69 Å². The summed E-state index contributed by atoms with van der Waals surface area (Å²) in [6.45, 7) is 0.117. The second kappa shape index (κ2) is 6.69. The van der Waals surface area contributed by atoms with Crippen molar-refractivity contribution < 1.29 is 19.3 Å². The van der Waals surface area contributed by atoms with Gasteiger partial charge in [-0.15, -0.1) is 0 Å². The molecule has 2 aliphatic rings. The number of nitrogens with one attached hydrogen (secondary N) is 1. The maximum absolute atomic E-state index is 12.8. The van der Waals surface area contributed by atoms with Gasteiger partial charge in [-0.3, -0.25) is 34.8 Å². The van der Waals surface area contributed by atoms with Gasteiger partial charge >= 0.3 is 0 Å². The molecule has 0 spiro atoms. The summed E-state index contributed by atoms with van der Waals surface area (Å²) in [7, 11) is 0. The van der Waals surface area contributed by atoms with Crippen LogP contribution in [-0.4, -0.2) is 39.2 Å².